The summed E-state index contributed by atoms with van der Waals surface area (Å²) >= 11 is 0. The maximum atomic E-state index is 5.47. The molecule has 0 saturated carbocycles. The van der Waals surface area contributed by atoms with E-state index in [1.165, 1.54) is 0 Å². The lowest BCUT2D eigenvalue weighted by atomic mass is 10.4. The van der Waals surface area contributed by atoms with Gasteiger partial charge in [-0.05, 0) is 6.07 Å². The minimum atomic E-state index is 0.557. The van der Waals surface area contributed by atoms with Gasteiger partial charge in [-0.15, -0.1) is 0 Å². The van der Waals surface area contributed by atoms with Gasteiger partial charge in [-0.25, -0.2) is 9.97 Å². The Labute approximate surface area is 87.2 Å². The molecule has 0 unspecified atom stereocenters. The van der Waals surface area contributed by atoms with Crippen LogP contribution in [0.15, 0.2) is 24.7 Å². The Kier molecular flexibility index (Phi) is 2.49. The quantitative estimate of drug-likeness (QED) is 0.756. The van der Waals surface area contributed by atoms with E-state index in [9.17, 15) is 0 Å². The Hall–Kier alpha value is -2.11. The van der Waals surface area contributed by atoms with Gasteiger partial charge in [-0.3, -0.25) is 4.68 Å². The van der Waals surface area contributed by atoms with E-state index in [2.05, 4.69) is 20.4 Å². The number of hydrogen-bond donors (Lipinski definition) is 2. The highest BCUT2D eigenvalue weighted by molar-refractivity contribution is 5.36. The lowest BCUT2D eigenvalue weighted by Crippen LogP contribution is -2.07. The molecule has 0 aliphatic rings. The first-order valence-electron chi connectivity index (χ1n) is 4.54. The van der Waals surface area contributed by atoms with Gasteiger partial charge in [0.1, 0.15) is 0 Å². The number of nitrogens with zero attached hydrogens (tertiary/aromatic N) is 4. The number of anilines is 2. The van der Waals surface area contributed by atoms with Crippen molar-refractivity contribution >= 4 is 11.6 Å². The highest BCUT2D eigenvalue weighted by Gasteiger charge is 1.99. The Morgan fingerprint density at radius 2 is 2.13 bits per heavy atom. The molecule has 0 atom stereocenters. The molecular weight excluding hydrogens is 192 g/mol. The van der Waals surface area contributed by atoms with Gasteiger partial charge in [0, 0.05) is 13.2 Å². The number of hydrogen-bond acceptors (Lipinski definition) is 5. The monoisotopic (exact) mass is 204 g/mol. The molecule has 0 aliphatic carbocycles. The summed E-state index contributed by atoms with van der Waals surface area (Å²) in [5.41, 5.74) is 7.10. The molecule has 6 heteroatoms. The highest BCUT2D eigenvalue weighted by Crippen LogP contribution is 2.03. The van der Waals surface area contributed by atoms with E-state index in [0.29, 0.717) is 18.2 Å². The number of rotatable bonds is 3. The minimum Gasteiger partial charge on any atom is -0.396 e. The zero-order chi connectivity index (χ0) is 10.7. The number of nitrogens with one attached hydrogen (secondary N) is 1. The summed E-state index contributed by atoms with van der Waals surface area (Å²) in [7, 11) is 1.89. The van der Waals surface area contributed by atoms with Gasteiger partial charge in [-0.1, -0.05) is 0 Å². The third-order valence-corrected chi connectivity index (χ3v) is 2.02. The van der Waals surface area contributed by atoms with Crippen molar-refractivity contribution in [2.24, 2.45) is 7.05 Å². The van der Waals surface area contributed by atoms with Gasteiger partial charge in [0.05, 0.1) is 30.3 Å². The molecule has 0 amide bonds. The Morgan fingerprint density at radius 1 is 1.40 bits per heavy atom. The zero-order valence-electron chi connectivity index (χ0n) is 8.38. The Morgan fingerprint density at radius 3 is 2.73 bits per heavy atom. The molecule has 0 fully saturated rings. The van der Waals surface area contributed by atoms with Crippen LogP contribution in [0.5, 0.6) is 0 Å². The van der Waals surface area contributed by atoms with Crippen LogP contribution in [0, 0.1) is 0 Å². The van der Waals surface area contributed by atoms with Crippen LogP contribution in [0.1, 0.15) is 5.69 Å². The standard InChI is InChI=1S/C9H12N6/c1-15-8(2-3-14-15)6-13-9-11-4-7(10)5-12-9/h2-5H,6,10H2,1H3,(H,11,12,13). The Balaban J connectivity index is 1.99. The van der Waals surface area contributed by atoms with Crippen molar-refractivity contribution in [1.29, 1.82) is 0 Å². The van der Waals surface area contributed by atoms with E-state index in [1.807, 2.05) is 13.1 Å². The third kappa shape index (κ3) is 2.22. The topological polar surface area (TPSA) is 81.7 Å². The minimum absolute atomic E-state index is 0.557. The number of aryl methyl sites for hydroxylation is 1. The zero-order valence-corrected chi connectivity index (χ0v) is 8.38. The van der Waals surface area contributed by atoms with E-state index in [-0.39, 0.29) is 0 Å². The molecule has 0 bridgehead atoms. The average molecular weight is 204 g/mol. The highest BCUT2D eigenvalue weighted by atomic mass is 15.3. The van der Waals surface area contributed by atoms with Crippen molar-refractivity contribution in [3.8, 4) is 0 Å². The number of aromatic nitrogens is 4. The molecule has 0 saturated heterocycles. The molecule has 15 heavy (non-hydrogen) atoms. The second-order valence-electron chi connectivity index (χ2n) is 3.14. The fourth-order valence-electron chi connectivity index (χ4n) is 1.17. The van der Waals surface area contributed by atoms with Crippen molar-refractivity contribution in [1.82, 2.24) is 19.7 Å². The maximum absolute atomic E-state index is 5.47. The van der Waals surface area contributed by atoms with E-state index in [1.54, 1.807) is 23.3 Å². The normalized spacial score (nSPS) is 10.2. The summed E-state index contributed by atoms with van der Waals surface area (Å²) in [6, 6.07) is 1.93. The lowest BCUT2D eigenvalue weighted by molar-refractivity contribution is 0.719. The van der Waals surface area contributed by atoms with Gasteiger partial charge >= 0.3 is 0 Å². The summed E-state index contributed by atoms with van der Waals surface area (Å²) in [6.45, 7) is 0.639. The van der Waals surface area contributed by atoms with Crippen LogP contribution in [-0.4, -0.2) is 19.7 Å². The molecule has 6 nitrogen and oxygen atoms in total. The summed E-state index contributed by atoms with van der Waals surface area (Å²) in [5.74, 6) is 0.561. The molecule has 78 valence electrons. The molecule has 0 aromatic carbocycles. The lowest BCUT2D eigenvalue weighted by Gasteiger charge is -2.04. The summed E-state index contributed by atoms with van der Waals surface area (Å²) < 4.78 is 1.80. The van der Waals surface area contributed by atoms with Gasteiger partial charge in [0.25, 0.3) is 0 Å². The van der Waals surface area contributed by atoms with Gasteiger partial charge in [0.15, 0.2) is 0 Å². The van der Waals surface area contributed by atoms with Gasteiger partial charge in [-0.2, -0.15) is 5.10 Å². The first-order chi connectivity index (χ1) is 7.25. The SMILES string of the molecule is Cn1nccc1CNc1ncc(N)cn1. The molecule has 2 aromatic heterocycles. The summed E-state index contributed by atoms with van der Waals surface area (Å²) in [5, 5.41) is 7.14. The summed E-state index contributed by atoms with van der Waals surface area (Å²) in [6.07, 6.45) is 4.89. The van der Waals surface area contributed by atoms with E-state index in [0.717, 1.165) is 5.69 Å². The van der Waals surface area contributed by atoms with Crippen LogP contribution < -0.4 is 11.1 Å². The van der Waals surface area contributed by atoms with Crippen LogP contribution in [-0.2, 0) is 13.6 Å². The third-order valence-electron chi connectivity index (χ3n) is 2.02. The Bertz CT molecular complexity index is 432. The second-order valence-corrected chi connectivity index (χ2v) is 3.14. The van der Waals surface area contributed by atoms with E-state index < -0.39 is 0 Å². The second kappa shape index (κ2) is 3.95. The van der Waals surface area contributed by atoms with Crippen molar-refractivity contribution in [2.45, 2.75) is 6.54 Å². The van der Waals surface area contributed by atoms with Crippen LogP contribution in [0.2, 0.25) is 0 Å². The molecule has 0 aliphatic heterocycles. The molecule has 0 radical (unpaired) electrons. The first-order valence-corrected chi connectivity index (χ1v) is 4.54. The summed E-state index contributed by atoms with van der Waals surface area (Å²) in [4.78, 5) is 8.06. The van der Waals surface area contributed by atoms with Crippen LogP contribution >= 0.6 is 0 Å². The number of nitrogen functional groups attached to an aromatic ring is 1. The van der Waals surface area contributed by atoms with Crippen LogP contribution in [0.3, 0.4) is 0 Å². The molecule has 0 spiro atoms. The largest absolute Gasteiger partial charge is 0.396 e. The first kappa shape index (κ1) is 9.45. The smallest absolute Gasteiger partial charge is 0.223 e. The molecule has 2 aromatic rings. The average Bonchev–Trinajstić information content (AvgIpc) is 2.63. The van der Waals surface area contributed by atoms with Crippen LogP contribution in [0.4, 0.5) is 11.6 Å². The van der Waals surface area contributed by atoms with E-state index in [4.69, 9.17) is 5.73 Å². The van der Waals surface area contributed by atoms with Crippen molar-refractivity contribution in [2.75, 3.05) is 11.1 Å². The van der Waals surface area contributed by atoms with Crippen molar-refractivity contribution < 1.29 is 0 Å². The fraction of sp³-hybridized carbons (Fsp3) is 0.222. The molecule has 2 heterocycles. The fourth-order valence-corrected chi connectivity index (χ4v) is 1.17. The maximum Gasteiger partial charge on any atom is 0.223 e. The predicted molar refractivity (Wildman–Crippen MR) is 57.0 cm³/mol. The number of nitrogens with two attached hydrogens (primary N) is 1. The molecule has 3 N–H and O–H groups in total. The van der Waals surface area contributed by atoms with Gasteiger partial charge < -0.3 is 11.1 Å². The molecule has 2 rings (SSSR count). The molecular formula is C9H12N6. The van der Waals surface area contributed by atoms with E-state index >= 15 is 0 Å². The van der Waals surface area contributed by atoms with Gasteiger partial charge in [0.2, 0.25) is 5.95 Å². The van der Waals surface area contributed by atoms with Crippen molar-refractivity contribution in [3.63, 3.8) is 0 Å². The van der Waals surface area contributed by atoms with Crippen molar-refractivity contribution in [3.05, 3.63) is 30.4 Å². The predicted octanol–water partition coefficient (Wildman–Crippen LogP) is 0.404. The van der Waals surface area contributed by atoms with Crippen LogP contribution in [0.25, 0.3) is 0 Å².